The van der Waals surface area contributed by atoms with Crippen LogP contribution in [-0.4, -0.2) is 11.5 Å². The fourth-order valence-electron chi connectivity index (χ4n) is 3.53. The summed E-state index contributed by atoms with van der Waals surface area (Å²) >= 11 is 6.36. The van der Waals surface area contributed by atoms with Crippen LogP contribution in [0.5, 0.6) is 0 Å². The van der Waals surface area contributed by atoms with Crippen LogP contribution < -0.4 is 5.32 Å². The van der Waals surface area contributed by atoms with Crippen LogP contribution in [0.2, 0.25) is 5.02 Å². The predicted molar refractivity (Wildman–Crippen MR) is 81.4 cm³/mol. The van der Waals surface area contributed by atoms with Gasteiger partial charge in [-0.1, -0.05) is 51.1 Å². The van der Waals surface area contributed by atoms with E-state index in [-0.39, 0.29) is 0 Å². The van der Waals surface area contributed by atoms with Crippen LogP contribution in [0.25, 0.3) is 0 Å². The summed E-state index contributed by atoms with van der Waals surface area (Å²) in [5.74, 6) is 1.53. The number of aromatic nitrogens is 1. The summed E-state index contributed by atoms with van der Waals surface area (Å²) in [5, 5.41) is 4.46. The molecule has 0 radical (unpaired) electrons. The molecule has 1 saturated carbocycles. The van der Waals surface area contributed by atoms with E-state index >= 15 is 0 Å². The van der Waals surface area contributed by atoms with Gasteiger partial charge in [0, 0.05) is 18.4 Å². The molecule has 1 aliphatic rings. The lowest BCUT2D eigenvalue weighted by Crippen LogP contribution is -2.34. The molecule has 1 aromatic heterocycles. The first kappa shape index (κ1) is 14.8. The molecular weight excluding hydrogens is 256 g/mol. The molecular formula is C16H25ClN2. The van der Waals surface area contributed by atoms with Crippen molar-refractivity contribution in [3.8, 4) is 0 Å². The Morgan fingerprint density at radius 1 is 1.37 bits per heavy atom. The van der Waals surface area contributed by atoms with Gasteiger partial charge in [0.15, 0.2) is 0 Å². The summed E-state index contributed by atoms with van der Waals surface area (Å²) in [4.78, 5) is 4.11. The smallest absolute Gasteiger partial charge is 0.0637 e. The van der Waals surface area contributed by atoms with Crippen LogP contribution in [0, 0.1) is 11.8 Å². The Morgan fingerprint density at radius 2 is 2.16 bits per heavy atom. The van der Waals surface area contributed by atoms with Crippen molar-refractivity contribution in [2.75, 3.05) is 6.54 Å². The minimum atomic E-state index is 0.380. The fourth-order valence-corrected chi connectivity index (χ4v) is 3.77. The number of nitrogens with zero attached hydrogens (tertiary/aromatic N) is 1. The average molecular weight is 281 g/mol. The average Bonchev–Trinajstić information content (AvgIpc) is 2.46. The Hall–Kier alpha value is -0.600. The summed E-state index contributed by atoms with van der Waals surface area (Å²) in [7, 11) is 0. The molecule has 19 heavy (non-hydrogen) atoms. The van der Waals surface area contributed by atoms with Gasteiger partial charge in [0.2, 0.25) is 0 Å². The number of hydrogen-bond acceptors (Lipinski definition) is 2. The molecule has 1 fully saturated rings. The highest BCUT2D eigenvalue weighted by molar-refractivity contribution is 6.31. The maximum absolute atomic E-state index is 6.36. The molecule has 106 valence electrons. The molecule has 1 heterocycles. The summed E-state index contributed by atoms with van der Waals surface area (Å²) in [6.45, 7) is 5.47. The van der Waals surface area contributed by atoms with E-state index in [1.807, 2.05) is 6.20 Å². The lowest BCUT2D eigenvalue weighted by Gasteiger charge is -2.37. The number of halogens is 1. The Labute approximate surface area is 122 Å². The molecule has 1 N–H and O–H groups in total. The van der Waals surface area contributed by atoms with Gasteiger partial charge in [-0.05, 0) is 36.4 Å². The molecule has 3 atom stereocenters. The van der Waals surface area contributed by atoms with Crippen molar-refractivity contribution < 1.29 is 0 Å². The van der Waals surface area contributed by atoms with Gasteiger partial charge in [-0.3, -0.25) is 4.98 Å². The summed E-state index contributed by atoms with van der Waals surface area (Å²) < 4.78 is 0. The van der Waals surface area contributed by atoms with Crippen LogP contribution in [-0.2, 0) is 0 Å². The first-order chi connectivity index (χ1) is 9.27. The van der Waals surface area contributed by atoms with Crippen molar-refractivity contribution in [2.45, 2.75) is 52.0 Å². The Bertz CT molecular complexity index is 394. The zero-order chi connectivity index (χ0) is 13.7. The van der Waals surface area contributed by atoms with Crippen molar-refractivity contribution in [1.82, 2.24) is 10.3 Å². The Balaban J connectivity index is 2.26. The monoisotopic (exact) mass is 280 g/mol. The van der Waals surface area contributed by atoms with E-state index in [0.29, 0.717) is 12.0 Å². The van der Waals surface area contributed by atoms with Crippen molar-refractivity contribution in [2.24, 2.45) is 11.8 Å². The third kappa shape index (κ3) is 3.49. The second kappa shape index (κ2) is 7.25. The quantitative estimate of drug-likeness (QED) is 0.852. The normalized spacial score (nSPS) is 25.2. The zero-order valence-corrected chi connectivity index (χ0v) is 12.8. The zero-order valence-electron chi connectivity index (χ0n) is 12.0. The molecule has 0 bridgehead atoms. The predicted octanol–water partition coefficient (Wildman–Crippen LogP) is 4.60. The van der Waals surface area contributed by atoms with Crippen LogP contribution in [0.1, 0.15) is 57.6 Å². The van der Waals surface area contributed by atoms with Gasteiger partial charge in [0.05, 0.1) is 5.02 Å². The van der Waals surface area contributed by atoms with Crippen molar-refractivity contribution in [3.63, 3.8) is 0 Å². The summed E-state index contributed by atoms with van der Waals surface area (Å²) in [5.41, 5.74) is 1.23. The SMILES string of the molecule is CCNC(c1ccncc1Cl)C1CCCCC1CC. The number of hydrogen-bond donors (Lipinski definition) is 1. The van der Waals surface area contributed by atoms with Crippen molar-refractivity contribution in [1.29, 1.82) is 0 Å². The molecule has 2 rings (SSSR count). The molecule has 0 aromatic carbocycles. The Morgan fingerprint density at radius 3 is 2.84 bits per heavy atom. The molecule has 1 aliphatic carbocycles. The van der Waals surface area contributed by atoms with E-state index in [1.165, 1.54) is 37.7 Å². The maximum atomic E-state index is 6.36. The van der Waals surface area contributed by atoms with E-state index in [0.717, 1.165) is 17.5 Å². The topological polar surface area (TPSA) is 24.9 Å². The van der Waals surface area contributed by atoms with Crippen LogP contribution in [0.3, 0.4) is 0 Å². The van der Waals surface area contributed by atoms with E-state index < -0.39 is 0 Å². The van der Waals surface area contributed by atoms with Gasteiger partial charge in [0.1, 0.15) is 0 Å². The maximum Gasteiger partial charge on any atom is 0.0637 e. The van der Waals surface area contributed by atoms with Gasteiger partial charge in [-0.25, -0.2) is 0 Å². The second-order valence-corrected chi connectivity index (χ2v) is 5.96. The minimum Gasteiger partial charge on any atom is -0.310 e. The highest BCUT2D eigenvalue weighted by atomic mass is 35.5. The molecule has 0 aliphatic heterocycles. The minimum absolute atomic E-state index is 0.380. The lowest BCUT2D eigenvalue weighted by atomic mass is 9.72. The molecule has 0 spiro atoms. The van der Waals surface area contributed by atoms with Gasteiger partial charge in [-0.15, -0.1) is 0 Å². The van der Waals surface area contributed by atoms with Crippen LogP contribution in [0.4, 0.5) is 0 Å². The lowest BCUT2D eigenvalue weighted by molar-refractivity contribution is 0.177. The number of rotatable bonds is 5. The molecule has 0 amide bonds. The number of pyridine rings is 1. The summed E-state index contributed by atoms with van der Waals surface area (Å²) in [6.07, 6.45) is 10.3. The van der Waals surface area contributed by atoms with Gasteiger partial charge >= 0.3 is 0 Å². The van der Waals surface area contributed by atoms with Crippen molar-refractivity contribution >= 4 is 11.6 Å². The first-order valence-corrected chi connectivity index (χ1v) is 7.98. The van der Waals surface area contributed by atoms with Crippen LogP contribution >= 0.6 is 11.6 Å². The standard InChI is InChI=1S/C16H25ClN2/c1-3-12-7-5-6-8-13(12)16(19-4-2)14-9-10-18-11-15(14)17/h9-13,16,19H,3-8H2,1-2H3. The molecule has 3 heteroatoms. The third-order valence-corrected chi connectivity index (χ3v) is 4.80. The van der Waals surface area contributed by atoms with E-state index in [9.17, 15) is 0 Å². The van der Waals surface area contributed by atoms with Gasteiger partial charge in [0.25, 0.3) is 0 Å². The first-order valence-electron chi connectivity index (χ1n) is 7.60. The molecule has 1 aromatic rings. The van der Waals surface area contributed by atoms with E-state index in [4.69, 9.17) is 11.6 Å². The highest BCUT2D eigenvalue weighted by Crippen LogP contribution is 2.41. The van der Waals surface area contributed by atoms with Gasteiger partial charge < -0.3 is 5.32 Å². The van der Waals surface area contributed by atoms with Crippen molar-refractivity contribution in [3.05, 3.63) is 29.0 Å². The van der Waals surface area contributed by atoms with Crippen LogP contribution in [0.15, 0.2) is 18.5 Å². The molecule has 2 nitrogen and oxygen atoms in total. The van der Waals surface area contributed by atoms with E-state index in [2.05, 4.69) is 30.2 Å². The third-order valence-electron chi connectivity index (χ3n) is 4.48. The summed E-state index contributed by atoms with van der Waals surface area (Å²) in [6, 6.07) is 2.46. The second-order valence-electron chi connectivity index (χ2n) is 5.55. The van der Waals surface area contributed by atoms with E-state index in [1.54, 1.807) is 6.20 Å². The number of nitrogens with one attached hydrogen (secondary N) is 1. The molecule has 0 saturated heterocycles. The molecule has 3 unspecified atom stereocenters. The Kier molecular flexibility index (Phi) is 5.65. The largest absolute Gasteiger partial charge is 0.310 e. The fraction of sp³-hybridized carbons (Fsp3) is 0.688. The highest BCUT2D eigenvalue weighted by Gasteiger charge is 2.32. The van der Waals surface area contributed by atoms with Gasteiger partial charge in [-0.2, -0.15) is 0 Å².